The maximum atomic E-state index is 12.4. The van der Waals surface area contributed by atoms with E-state index in [0.29, 0.717) is 5.69 Å². The van der Waals surface area contributed by atoms with Gasteiger partial charge < -0.3 is 0 Å². The van der Waals surface area contributed by atoms with Gasteiger partial charge in [-0.2, -0.15) is 0 Å². The molecule has 3 rings (SSSR count). The Kier molecular flexibility index (Phi) is 2.70. The predicted octanol–water partition coefficient (Wildman–Crippen LogP) is 2.21. The van der Waals surface area contributed by atoms with Crippen LogP contribution in [0.3, 0.4) is 0 Å². The highest BCUT2D eigenvalue weighted by molar-refractivity contribution is 6.01. The molecule has 0 saturated carbocycles. The van der Waals surface area contributed by atoms with Crippen molar-refractivity contribution in [1.82, 2.24) is 15.0 Å². The van der Waals surface area contributed by atoms with Gasteiger partial charge in [0.25, 0.3) is 0 Å². The van der Waals surface area contributed by atoms with Crippen LogP contribution in [0.5, 0.6) is 0 Å². The van der Waals surface area contributed by atoms with Gasteiger partial charge in [0, 0.05) is 6.54 Å². The van der Waals surface area contributed by atoms with Gasteiger partial charge in [-0.15, -0.1) is 5.10 Å². The van der Waals surface area contributed by atoms with Crippen molar-refractivity contribution < 1.29 is 4.79 Å². The maximum Gasteiger partial charge on any atom is 0.190 e. The second-order valence-corrected chi connectivity index (χ2v) is 4.66. The van der Waals surface area contributed by atoms with E-state index in [2.05, 4.69) is 23.3 Å². The second kappa shape index (κ2) is 4.37. The van der Waals surface area contributed by atoms with Crippen LogP contribution in [0, 0.1) is 0 Å². The van der Waals surface area contributed by atoms with E-state index in [1.165, 1.54) is 5.56 Å². The van der Waals surface area contributed by atoms with Crippen molar-refractivity contribution >= 4 is 5.78 Å². The molecule has 1 heterocycles. The van der Waals surface area contributed by atoms with E-state index >= 15 is 0 Å². The van der Waals surface area contributed by atoms with E-state index in [-0.39, 0.29) is 11.7 Å². The van der Waals surface area contributed by atoms with E-state index < -0.39 is 0 Å². The van der Waals surface area contributed by atoms with Crippen molar-refractivity contribution in [3.05, 3.63) is 47.3 Å². The summed E-state index contributed by atoms with van der Waals surface area (Å²) in [6.07, 6.45) is 3.37. The monoisotopic (exact) mass is 241 g/mol. The molecule has 92 valence electrons. The van der Waals surface area contributed by atoms with Crippen LogP contribution >= 0.6 is 0 Å². The molecule has 0 spiro atoms. The van der Waals surface area contributed by atoms with Crippen LogP contribution in [-0.2, 0) is 13.0 Å². The molecule has 0 saturated heterocycles. The molecule has 1 aliphatic rings. The number of rotatable bonds is 4. The van der Waals surface area contributed by atoms with Gasteiger partial charge in [0.05, 0.1) is 12.1 Å². The van der Waals surface area contributed by atoms with E-state index in [9.17, 15) is 4.79 Å². The Labute approximate surface area is 106 Å². The number of nitrogens with zero attached hydrogens (tertiary/aromatic N) is 3. The molecule has 1 atom stereocenters. The molecule has 0 radical (unpaired) electrons. The third-order valence-corrected chi connectivity index (χ3v) is 3.48. The van der Waals surface area contributed by atoms with Crippen LogP contribution in [0.1, 0.15) is 40.9 Å². The molecule has 0 aliphatic heterocycles. The summed E-state index contributed by atoms with van der Waals surface area (Å²) in [7, 11) is 0. The van der Waals surface area contributed by atoms with E-state index in [4.69, 9.17) is 0 Å². The third kappa shape index (κ3) is 1.65. The second-order valence-electron chi connectivity index (χ2n) is 4.66. The zero-order valence-electron chi connectivity index (χ0n) is 10.3. The Balaban J connectivity index is 1.87. The number of benzene rings is 1. The molecule has 4 nitrogen and oxygen atoms in total. The van der Waals surface area contributed by atoms with Gasteiger partial charge in [0.15, 0.2) is 5.78 Å². The Morgan fingerprint density at radius 2 is 2.28 bits per heavy atom. The number of aryl methyl sites for hydroxylation is 1. The minimum atomic E-state index is -0.00435. The molecule has 0 N–H and O–H groups in total. The first-order valence-corrected chi connectivity index (χ1v) is 6.31. The molecule has 2 aromatic rings. The highest BCUT2D eigenvalue weighted by Crippen LogP contribution is 2.36. The molecule has 0 amide bonds. The first kappa shape index (κ1) is 11.1. The number of ketones is 1. The first-order chi connectivity index (χ1) is 8.81. The average molecular weight is 241 g/mol. The fraction of sp³-hybridized carbons (Fsp3) is 0.357. The number of hydrogen-bond donors (Lipinski definition) is 0. The fourth-order valence-corrected chi connectivity index (χ4v) is 2.50. The quantitative estimate of drug-likeness (QED) is 0.771. The molecule has 1 aromatic carbocycles. The van der Waals surface area contributed by atoms with Crippen molar-refractivity contribution in [2.75, 3.05) is 0 Å². The summed E-state index contributed by atoms with van der Waals surface area (Å²) >= 11 is 0. The van der Waals surface area contributed by atoms with Gasteiger partial charge in [-0.05, 0) is 24.0 Å². The normalized spacial score (nSPS) is 17.1. The number of fused-ring (bicyclic) bond motifs is 1. The molecule has 1 aliphatic carbocycles. The van der Waals surface area contributed by atoms with Crippen molar-refractivity contribution in [2.24, 2.45) is 0 Å². The number of hydrogen-bond acceptors (Lipinski definition) is 3. The topological polar surface area (TPSA) is 47.8 Å². The summed E-state index contributed by atoms with van der Waals surface area (Å²) in [5.41, 5.74) is 3.08. The van der Waals surface area contributed by atoms with Crippen molar-refractivity contribution in [3.8, 4) is 0 Å². The Hall–Kier alpha value is -1.97. The summed E-state index contributed by atoms with van der Waals surface area (Å²) in [6.45, 7) is 2.81. The SMILES string of the molecule is CCCn1nncc1C(=O)C1Cc2ccccc21. The Morgan fingerprint density at radius 1 is 1.44 bits per heavy atom. The first-order valence-electron chi connectivity index (χ1n) is 6.31. The Morgan fingerprint density at radius 3 is 3.06 bits per heavy atom. The highest BCUT2D eigenvalue weighted by Gasteiger charge is 2.33. The average Bonchev–Trinajstić information content (AvgIpc) is 2.79. The number of Topliss-reactive ketones (excluding diaryl/α,β-unsaturated/α-hetero) is 1. The number of carbonyl (C=O) groups excluding carboxylic acids is 1. The van der Waals surface area contributed by atoms with Crippen LogP contribution < -0.4 is 0 Å². The van der Waals surface area contributed by atoms with E-state index in [0.717, 1.165) is 24.9 Å². The standard InChI is InChI=1S/C14H15N3O/c1-2-7-17-13(9-15-16-17)14(18)12-8-10-5-3-4-6-11(10)12/h3-6,9,12H,2,7-8H2,1H3. The van der Waals surface area contributed by atoms with Crippen LogP contribution in [-0.4, -0.2) is 20.8 Å². The zero-order chi connectivity index (χ0) is 12.5. The summed E-state index contributed by atoms with van der Waals surface area (Å²) in [6, 6.07) is 8.12. The van der Waals surface area contributed by atoms with Gasteiger partial charge >= 0.3 is 0 Å². The maximum absolute atomic E-state index is 12.4. The summed E-state index contributed by atoms with van der Waals surface area (Å²) in [5.74, 6) is 0.141. The minimum Gasteiger partial charge on any atom is -0.292 e. The summed E-state index contributed by atoms with van der Waals surface area (Å²) in [5, 5.41) is 7.82. The molecule has 1 aromatic heterocycles. The predicted molar refractivity (Wildman–Crippen MR) is 67.5 cm³/mol. The lowest BCUT2D eigenvalue weighted by molar-refractivity contribution is 0.0938. The molecule has 4 heteroatoms. The van der Waals surface area contributed by atoms with Crippen LogP contribution in [0.25, 0.3) is 0 Å². The van der Waals surface area contributed by atoms with Gasteiger partial charge in [0.2, 0.25) is 0 Å². The minimum absolute atomic E-state index is 0.00435. The third-order valence-electron chi connectivity index (χ3n) is 3.48. The molecular weight excluding hydrogens is 226 g/mol. The molecule has 0 fully saturated rings. The fourth-order valence-electron chi connectivity index (χ4n) is 2.50. The summed E-state index contributed by atoms with van der Waals surface area (Å²) in [4.78, 5) is 12.4. The largest absolute Gasteiger partial charge is 0.292 e. The van der Waals surface area contributed by atoms with Gasteiger partial charge in [-0.25, -0.2) is 4.68 Å². The highest BCUT2D eigenvalue weighted by atomic mass is 16.1. The van der Waals surface area contributed by atoms with Gasteiger partial charge in [0.1, 0.15) is 5.69 Å². The summed E-state index contributed by atoms with van der Waals surface area (Å²) < 4.78 is 1.71. The lowest BCUT2D eigenvalue weighted by atomic mass is 9.74. The Bertz CT molecular complexity index is 588. The molecular formula is C14H15N3O. The van der Waals surface area contributed by atoms with Gasteiger partial charge in [-0.3, -0.25) is 4.79 Å². The van der Waals surface area contributed by atoms with Crippen LogP contribution in [0.4, 0.5) is 0 Å². The zero-order valence-corrected chi connectivity index (χ0v) is 10.3. The van der Waals surface area contributed by atoms with E-state index in [1.807, 2.05) is 18.2 Å². The van der Waals surface area contributed by atoms with Crippen molar-refractivity contribution in [1.29, 1.82) is 0 Å². The molecule has 18 heavy (non-hydrogen) atoms. The molecule has 1 unspecified atom stereocenters. The molecule has 0 bridgehead atoms. The lowest BCUT2D eigenvalue weighted by Gasteiger charge is -2.28. The van der Waals surface area contributed by atoms with Crippen LogP contribution in [0.15, 0.2) is 30.5 Å². The number of carbonyl (C=O) groups is 1. The smallest absolute Gasteiger partial charge is 0.190 e. The van der Waals surface area contributed by atoms with Crippen molar-refractivity contribution in [2.45, 2.75) is 32.2 Å². The van der Waals surface area contributed by atoms with Gasteiger partial charge in [-0.1, -0.05) is 36.4 Å². The van der Waals surface area contributed by atoms with Crippen LogP contribution in [0.2, 0.25) is 0 Å². The van der Waals surface area contributed by atoms with Crippen molar-refractivity contribution in [3.63, 3.8) is 0 Å². The van der Waals surface area contributed by atoms with E-state index in [1.54, 1.807) is 10.9 Å². The number of aromatic nitrogens is 3. The lowest BCUT2D eigenvalue weighted by Crippen LogP contribution is -2.27.